The average molecular weight is 332 g/mol. The molecule has 0 amide bonds. The summed E-state index contributed by atoms with van der Waals surface area (Å²) in [6.07, 6.45) is 0. The van der Waals surface area contributed by atoms with Gasteiger partial charge in [0.2, 0.25) is 0 Å². The maximum Gasteiger partial charge on any atom is 0.446 e. The second kappa shape index (κ2) is 6.44. The number of benzene rings is 1. The first-order valence-electron chi connectivity index (χ1n) is 4.20. The van der Waals surface area contributed by atoms with E-state index in [4.69, 9.17) is 27.8 Å². The summed E-state index contributed by atoms with van der Waals surface area (Å²) in [7, 11) is -9.41. The lowest BCUT2D eigenvalue weighted by Gasteiger charge is -2.03. The minimum Gasteiger partial charge on any atom is -0.396 e. The van der Waals surface area contributed by atoms with E-state index < -0.39 is 37.2 Å². The van der Waals surface area contributed by atoms with Crippen LogP contribution < -0.4 is 9.92 Å². The van der Waals surface area contributed by atoms with Gasteiger partial charge in [-0.1, -0.05) is 0 Å². The molecular weight excluding hydrogens is 324 g/mol. The standard InChI is InChI=1S/C6H6N2O6S.H2O4S/c7-5-2-1-4(8(9)10)3-6(5)14-15(11,12)13;1-5(2,3)4/h1-3H,7H2,(H,11,12,13);(H2,1,2,3,4). The molecule has 0 aliphatic carbocycles. The largest absolute Gasteiger partial charge is 0.446 e. The van der Waals surface area contributed by atoms with Crippen molar-refractivity contribution in [2.45, 2.75) is 0 Å². The lowest BCUT2D eigenvalue weighted by molar-refractivity contribution is -0.384. The van der Waals surface area contributed by atoms with Crippen molar-refractivity contribution in [2.24, 2.45) is 0 Å². The normalized spacial score (nSPS) is 11.2. The lowest BCUT2D eigenvalue weighted by atomic mass is 10.3. The summed E-state index contributed by atoms with van der Waals surface area (Å²) in [4.78, 5) is 9.57. The summed E-state index contributed by atoms with van der Waals surface area (Å²) in [5.41, 5.74) is 4.73. The van der Waals surface area contributed by atoms with Crippen LogP contribution in [0.4, 0.5) is 11.4 Å². The van der Waals surface area contributed by atoms with Gasteiger partial charge >= 0.3 is 20.8 Å². The maximum absolute atomic E-state index is 10.3. The van der Waals surface area contributed by atoms with Crippen molar-refractivity contribution in [3.63, 3.8) is 0 Å². The van der Waals surface area contributed by atoms with E-state index in [0.717, 1.165) is 18.2 Å². The number of nitrogens with two attached hydrogens (primary N) is 1. The highest BCUT2D eigenvalue weighted by atomic mass is 32.3. The van der Waals surface area contributed by atoms with Crippen LogP contribution in [-0.4, -0.2) is 35.4 Å². The van der Waals surface area contributed by atoms with Gasteiger partial charge in [-0.3, -0.25) is 23.8 Å². The molecule has 0 spiro atoms. The van der Waals surface area contributed by atoms with Crippen molar-refractivity contribution in [3.8, 4) is 5.75 Å². The fourth-order valence-corrected chi connectivity index (χ4v) is 1.19. The third-order valence-corrected chi connectivity index (χ3v) is 1.79. The Labute approximate surface area is 112 Å². The smallest absolute Gasteiger partial charge is 0.396 e. The molecule has 1 aromatic rings. The Bertz CT molecular complexity index is 686. The third-order valence-electron chi connectivity index (χ3n) is 1.40. The number of hydrogen-bond donors (Lipinski definition) is 4. The van der Waals surface area contributed by atoms with Gasteiger partial charge in [0.1, 0.15) is 0 Å². The van der Waals surface area contributed by atoms with E-state index in [9.17, 15) is 18.5 Å². The van der Waals surface area contributed by atoms with Crippen LogP contribution in [0.1, 0.15) is 0 Å². The molecule has 0 unspecified atom stereocenters. The molecule has 0 radical (unpaired) electrons. The van der Waals surface area contributed by atoms with Gasteiger partial charge < -0.3 is 9.92 Å². The van der Waals surface area contributed by atoms with E-state index in [-0.39, 0.29) is 5.69 Å². The van der Waals surface area contributed by atoms with E-state index in [2.05, 4.69) is 4.18 Å². The van der Waals surface area contributed by atoms with Crippen molar-refractivity contribution >= 4 is 32.2 Å². The van der Waals surface area contributed by atoms with Crippen molar-refractivity contribution in [1.29, 1.82) is 0 Å². The topological polar surface area (TPSA) is 207 Å². The monoisotopic (exact) mass is 332 g/mol. The van der Waals surface area contributed by atoms with Crippen LogP contribution in [0.5, 0.6) is 5.75 Å². The molecule has 0 atom stereocenters. The number of nitro benzene ring substituents is 1. The lowest BCUT2D eigenvalue weighted by Crippen LogP contribution is -2.08. The summed E-state index contributed by atoms with van der Waals surface area (Å²) in [5.74, 6) is -0.494. The number of non-ortho nitro benzene ring substituents is 1. The Morgan fingerprint density at radius 3 is 1.95 bits per heavy atom. The molecule has 0 bridgehead atoms. The second-order valence-electron chi connectivity index (χ2n) is 2.94. The number of anilines is 1. The van der Waals surface area contributed by atoms with Crippen LogP contribution >= 0.6 is 0 Å². The predicted molar refractivity (Wildman–Crippen MR) is 63.9 cm³/mol. The average Bonchev–Trinajstić information content (AvgIpc) is 2.16. The van der Waals surface area contributed by atoms with E-state index in [1.54, 1.807) is 0 Å². The van der Waals surface area contributed by atoms with E-state index in [0.29, 0.717) is 0 Å². The van der Waals surface area contributed by atoms with Crippen LogP contribution in [0.3, 0.4) is 0 Å². The Hall–Kier alpha value is -2.00. The van der Waals surface area contributed by atoms with Gasteiger partial charge in [0, 0.05) is 6.07 Å². The Morgan fingerprint density at radius 1 is 1.15 bits per heavy atom. The summed E-state index contributed by atoms with van der Waals surface area (Å²) in [6, 6.07) is 2.97. The molecule has 0 aromatic heterocycles. The first-order valence-corrected chi connectivity index (χ1v) is 6.96. The number of nitrogen functional groups attached to an aromatic ring is 1. The van der Waals surface area contributed by atoms with Gasteiger partial charge in [-0.2, -0.15) is 16.8 Å². The zero-order chi connectivity index (χ0) is 16.1. The van der Waals surface area contributed by atoms with Gasteiger partial charge in [0.05, 0.1) is 16.7 Å². The van der Waals surface area contributed by atoms with Crippen LogP contribution in [0.25, 0.3) is 0 Å². The third kappa shape index (κ3) is 9.00. The van der Waals surface area contributed by atoms with Gasteiger partial charge in [0.25, 0.3) is 5.69 Å². The Balaban J connectivity index is 0.000000621. The fourth-order valence-electron chi connectivity index (χ4n) is 0.822. The molecule has 0 heterocycles. The van der Waals surface area contributed by atoms with Crippen molar-refractivity contribution in [1.82, 2.24) is 0 Å². The molecule has 0 saturated heterocycles. The molecule has 1 rings (SSSR count). The van der Waals surface area contributed by atoms with E-state index >= 15 is 0 Å². The highest BCUT2D eigenvalue weighted by molar-refractivity contribution is 7.81. The van der Waals surface area contributed by atoms with Crippen molar-refractivity contribution in [3.05, 3.63) is 28.3 Å². The zero-order valence-electron chi connectivity index (χ0n) is 9.27. The molecule has 14 heteroatoms. The summed E-state index contributed by atoms with van der Waals surface area (Å²) in [6.45, 7) is 0. The molecular formula is C6H8N2O10S2. The quantitative estimate of drug-likeness (QED) is 0.244. The Kier molecular flexibility index (Phi) is 5.79. The molecule has 5 N–H and O–H groups in total. The Morgan fingerprint density at radius 2 is 1.60 bits per heavy atom. The van der Waals surface area contributed by atoms with Gasteiger partial charge in [0.15, 0.2) is 5.75 Å². The molecule has 0 aliphatic rings. The van der Waals surface area contributed by atoms with Crippen LogP contribution in [0.2, 0.25) is 0 Å². The number of nitrogens with zero attached hydrogens (tertiary/aromatic N) is 1. The highest BCUT2D eigenvalue weighted by Crippen LogP contribution is 2.27. The fraction of sp³-hybridized carbons (Fsp3) is 0. The van der Waals surface area contributed by atoms with Crippen molar-refractivity contribution in [2.75, 3.05) is 5.73 Å². The van der Waals surface area contributed by atoms with Gasteiger partial charge in [-0.25, -0.2) is 0 Å². The highest BCUT2D eigenvalue weighted by Gasteiger charge is 2.14. The molecule has 0 aliphatic heterocycles. The molecule has 114 valence electrons. The number of nitro groups is 1. The molecule has 20 heavy (non-hydrogen) atoms. The SMILES string of the molecule is Nc1ccc([N+](=O)[O-])cc1OS(=O)(=O)O.O=S(=O)(O)O. The van der Waals surface area contributed by atoms with Crippen LogP contribution in [-0.2, 0) is 20.8 Å². The molecule has 0 saturated carbocycles. The summed E-state index contributed by atoms with van der Waals surface area (Å²) in [5, 5.41) is 10.3. The zero-order valence-corrected chi connectivity index (χ0v) is 10.9. The first-order chi connectivity index (χ1) is 8.79. The van der Waals surface area contributed by atoms with E-state index in [1.807, 2.05) is 0 Å². The molecule has 12 nitrogen and oxygen atoms in total. The number of hydrogen-bond acceptors (Lipinski definition) is 8. The van der Waals surface area contributed by atoms with Gasteiger partial charge in [-0.05, 0) is 6.07 Å². The minimum atomic E-state index is -4.74. The minimum absolute atomic E-state index is 0.141. The van der Waals surface area contributed by atoms with Crippen molar-refractivity contribution < 1.29 is 39.6 Å². The second-order valence-corrected chi connectivity index (χ2v) is 4.86. The van der Waals surface area contributed by atoms with E-state index in [1.165, 1.54) is 0 Å². The predicted octanol–water partition coefficient (Wildman–Crippen LogP) is -0.294. The first kappa shape index (κ1) is 18.0. The molecule has 0 fully saturated rings. The van der Waals surface area contributed by atoms with Gasteiger partial charge in [-0.15, -0.1) is 0 Å². The summed E-state index contributed by atoms with van der Waals surface area (Å²) >= 11 is 0. The number of rotatable bonds is 3. The summed E-state index contributed by atoms with van der Waals surface area (Å²) < 4.78 is 64.6. The van der Waals surface area contributed by atoms with Crippen LogP contribution in [0, 0.1) is 10.1 Å². The molecule has 1 aromatic carbocycles. The maximum atomic E-state index is 10.3. The van der Waals surface area contributed by atoms with Crippen LogP contribution in [0.15, 0.2) is 18.2 Å².